The first-order valence-corrected chi connectivity index (χ1v) is 12.3. The van der Waals surface area contributed by atoms with Crippen LogP contribution in [0, 0.1) is 13.8 Å². The predicted molar refractivity (Wildman–Crippen MR) is 144 cm³/mol. The van der Waals surface area contributed by atoms with Gasteiger partial charge in [0.2, 0.25) is 5.91 Å². The molecule has 0 aromatic heterocycles. The maximum atomic E-state index is 14.6. The Labute approximate surface area is 216 Å². The Morgan fingerprint density at radius 3 is 2.22 bits per heavy atom. The number of anilines is 1. The lowest BCUT2D eigenvalue weighted by atomic mass is 9.70. The van der Waals surface area contributed by atoms with E-state index in [0.29, 0.717) is 18.0 Å². The van der Waals surface area contributed by atoms with Crippen LogP contribution in [0.3, 0.4) is 0 Å². The number of phenolic OH excluding ortho intramolecular Hbond substituents is 1. The van der Waals surface area contributed by atoms with Crippen molar-refractivity contribution in [3.8, 4) is 11.5 Å². The summed E-state index contributed by atoms with van der Waals surface area (Å²) in [5.41, 5.74) is 5.12. The molecule has 0 fully saturated rings. The van der Waals surface area contributed by atoms with E-state index in [-0.39, 0.29) is 11.7 Å². The van der Waals surface area contributed by atoms with Gasteiger partial charge in [0.25, 0.3) is 0 Å². The first-order chi connectivity index (χ1) is 17.3. The van der Waals surface area contributed by atoms with Crippen molar-refractivity contribution in [2.45, 2.75) is 32.2 Å². The van der Waals surface area contributed by atoms with Crippen molar-refractivity contribution >= 4 is 23.2 Å². The molecule has 4 nitrogen and oxygen atoms in total. The quantitative estimate of drug-likeness (QED) is 0.320. The van der Waals surface area contributed by atoms with Gasteiger partial charge in [-0.15, -0.1) is 0 Å². The molecule has 182 valence electrons. The zero-order valence-corrected chi connectivity index (χ0v) is 21.3. The van der Waals surface area contributed by atoms with Crippen LogP contribution in [-0.2, 0) is 23.2 Å². The number of halogens is 1. The standard InChI is InChI=1S/C31H28ClNO3/c1-20-16-24(17-21(2)29(20)34)31(18-22-12-14-25(36-3)15-13-22)26-9-5-7-11-28(26)33(30(31)35)19-23-8-4-6-10-27(23)32/h4-17,34H,18-19H2,1-3H3. The molecule has 36 heavy (non-hydrogen) atoms. The highest BCUT2D eigenvalue weighted by Gasteiger charge is 2.52. The average molecular weight is 498 g/mol. The third-order valence-electron chi connectivity index (χ3n) is 7.16. The zero-order chi connectivity index (χ0) is 25.4. The Hall–Kier alpha value is -3.76. The van der Waals surface area contributed by atoms with Gasteiger partial charge in [-0.1, -0.05) is 72.3 Å². The van der Waals surface area contributed by atoms with Crippen LogP contribution in [0.4, 0.5) is 5.69 Å². The van der Waals surface area contributed by atoms with Gasteiger partial charge < -0.3 is 14.7 Å². The van der Waals surface area contributed by atoms with Gasteiger partial charge in [0, 0.05) is 10.7 Å². The summed E-state index contributed by atoms with van der Waals surface area (Å²) in [6, 6.07) is 27.4. The van der Waals surface area contributed by atoms with Crippen LogP contribution in [0.15, 0.2) is 84.9 Å². The number of rotatable bonds is 6. The van der Waals surface area contributed by atoms with Crippen molar-refractivity contribution in [2.75, 3.05) is 12.0 Å². The SMILES string of the molecule is COc1ccc(CC2(c3cc(C)c(O)c(C)c3)C(=O)N(Cc3ccccc3Cl)c3ccccc32)cc1. The molecule has 5 heteroatoms. The summed E-state index contributed by atoms with van der Waals surface area (Å²) in [6.07, 6.45) is 0.468. The topological polar surface area (TPSA) is 49.8 Å². The van der Waals surface area contributed by atoms with E-state index < -0.39 is 5.41 Å². The van der Waals surface area contributed by atoms with Crippen LogP contribution in [0.2, 0.25) is 5.02 Å². The number of carbonyl (C=O) groups is 1. The summed E-state index contributed by atoms with van der Waals surface area (Å²) in [6.45, 7) is 4.12. The molecule has 1 aliphatic heterocycles. The van der Waals surface area contributed by atoms with Crippen LogP contribution < -0.4 is 9.64 Å². The van der Waals surface area contributed by atoms with E-state index in [2.05, 4.69) is 0 Å². The second kappa shape index (κ2) is 9.36. The molecule has 0 saturated carbocycles. The van der Waals surface area contributed by atoms with E-state index in [4.69, 9.17) is 16.3 Å². The summed E-state index contributed by atoms with van der Waals surface area (Å²) in [4.78, 5) is 16.5. The summed E-state index contributed by atoms with van der Waals surface area (Å²) >= 11 is 6.51. The normalized spacial score (nSPS) is 16.8. The Morgan fingerprint density at radius 1 is 0.917 bits per heavy atom. The molecule has 4 aromatic carbocycles. The van der Waals surface area contributed by atoms with Crippen molar-refractivity contribution in [1.29, 1.82) is 0 Å². The fraction of sp³-hybridized carbons (Fsp3) is 0.194. The highest BCUT2D eigenvalue weighted by molar-refractivity contribution is 6.31. The zero-order valence-electron chi connectivity index (χ0n) is 20.6. The lowest BCUT2D eigenvalue weighted by Gasteiger charge is -2.31. The van der Waals surface area contributed by atoms with Crippen molar-refractivity contribution in [3.05, 3.63) is 123 Å². The van der Waals surface area contributed by atoms with E-state index in [1.165, 1.54) is 0 Å². The number of aryl methyl sites for hydroxylation is 2. The number of carbonyl (C=O) groups excluding carboxylic acids is 1. The van der Waals surface area contributed by atoms with Crippen LogP contribution in [0.25, 0.3) is 0 Å². The number of phenols is 1. The number of nitrogens with zero attached hydrogens (tertiary/aromatic N) is 1. The van der Waals surface area contributed by atoms with E-state index in [0.717, 1.165) is 44.8 Å². The minimum Gasteiger partial charge on any atom is -0.507 e. The maximum Gasteiger partial charge on any atom is 0.242 e. The number of ether oxygens (including phenoxy) is 1. The summed E-state index contributed by atoms with van der Waals surface area (Å²) in [7, 11) is 1.64. The molecule has 1 heterocycles. The van der Waals surface area contributed by atoms with Gasteiger partial charge in [-0.3, -0.25) is 4.79 Å². The molecule has 0 bridgehead atoms. The fourth-order valence-electron chi connectivity index (χ4n) is 5.28. The lowest BCUT2D eigenvalue weighted by molar-refractivity contribution is -0.122. The Bertz CT molecular complexity index is 1420. The third-order valence-corrected chi connectivity index (χ3v) is 7.53. The molecule has 1 atom stereocenters. The van der Waals surface area contributed by atoms with Gasteiger partial charge in [0.05, 0.1) is 13.7 Å². The molecule has 0 radical (unpaired) electrons. The van der Waals surface area contributed by atoms with Gasteiger partial charge in [-0.25, -0.2) is 0 Å². The molecule has 1 unspecified atom stereocenters. The number of aromatic hydroxyl groups is 1. The van der Waals surface area contributed by atoms with Crippen molar-refractivity contribution < 1.29 is 14.6 Å². The number of fused-ring (bicyclic) bond motifs is 1. The van der Waals surface area contributed by atoms with E-state index >= 15 is 0 Å². The van der Waals surface area contributed by atoms with E-state index in [1.807, 2.05) is 104 Å². The third kappa shape index (κ3) is 3.92. The lowest BCUT2D eigenvalue weighted by Crippen LogP contribution is -2.43. The van der Waals surface area contributed by atoms with Crippen molar-refractivity contribution in [3.63, 3.8) is 0 Å². The van der Waals surface area contributed by atoms with Crippen LogP contribution in [0.1, 0.15) is 33.4 Å². The Morgan fingerprint density at radius 2 is 1.56 bits per heavy atom. The fourth-order valence-corrected chi connectivity index (χ4v) is 5.48. The summed E-state index contributed by atoms with van der Waals surface area (Å²) in [5.74, 6) is 1.01. The molecule has 5 rings (SSSR count). The van der Waals surface area contributed by atoms with Crippen LogP contribution in [0.5, 0.6) is 11.5 Å². The molecule has 1 amide bonds. The van der Waals surface area contributed by atoms with E-state index in [9.17, 15) is 9.90 Å². The maximum absolute atomic E-state index is 14.6. The summed E-state index contributed by atoms with van der Waals surface area (Å²) in [5, 5.41) is 11.2. The molecular formula is C31H28ClNO3. The van der Waals surface area contributed by atoms with Crippen LogP contribution >= 0.6 is 11.6 Å². The van der Waals surface area contributed by atoms with Gasteiger partial charge in [0.1, 0.15) is 16.9 Å². The number of benzene rings is 4. The molecule has 0 aliphatic carbocycles. The monoisotopic (exact) mass is 497 g/mol. The predicted octanol–water partition coefficient (Wildman–Crippen LogP) is 6.75. The Balaban J connectivity index is 1.72. The molecule has 0 saturated heterocycles. The minimum atomic E-state index is -0.963. The highest BCUT2D eigenvalue weighted by atomic mass is 35.5. The largest absolute Gasteiger partial charge is 0.507 e. The minimum absolute atomic E-state index is 0.0103. The number of methoxy groups -OCH3 is 1. The van der Waals surface area contributed by atoms with E-state index in [1.54, 1.807) is 7.11 Å². The molecular weight excluding hydrogens is 470 g/mol. The molecule has 1 aliphatic rings. The van der Waals surface area contributed by atoms with Crippen LogP contribution in [-0.4, -0.2) is 18.1 Å². The molecule has 4 aromatic rings. The molecule has 1 N–H and O–H groups in total. The van der Waals surface area contributed by atoms with Gasteiger partial charge >= 0.3 is 0 Å². The number of para-hydroxylation sites is 1. The number of hydrogen-bond donors (Lipinski definition) is 1. The van der Waals surface area contributed by atoms with Gasteiger partial charge in [-0.05, 0) is 77.9 Å². The summed E-state index contributed by atoms with van der Waals surface area (Å²) < 4.78 is 5.35. The second-order valence-corrected chi connectivity index (χ2v) is 9.80. The second-order valence-electron chi connectivity index (χ2n) is 9.39. The number of hydrogen-bond acceptors (Lipinski definition) is 3. The number of amides is 1. The first kappa shape index (κ1) is 24.0. The smallest absolute Gasteiger partial charge is 0.242 e. The highest BCUT2D eigenvalue weighted by Crippen LogP contribution is 2.50. The van der Waals surface area contributed by atoms with Gasteiger partial charge in [-0.2, -0.15) is 0 Å². The Kier molecular flexibility index (Phi) is 6.23. The first-order valence-electron chi connectivity index (χ1n) is 11.9. The molecule has 0 spiro atoms. The van der Waals surface area contributed by atoms with Gasteiger partial charge in [0.15, 0.2) is 0 Å². The average Bonchev–Trinajstić information content (AvgIpc) is 3.12. The van der Waals surface area contributed by atoms with Crippen molar-refractivity contribution in [2.24, 2.45) is 0 Å². The van der Waals surface area contributed by atoms with Crippen molar-refractivity contribution in [1.82, 2.24) is 0 Å².